The molecule has 0 atom stereocenters. The van der Waals surface area contributed by atoms with Gasteiger partial charge in [0.2, 0.25) is 5.91 Å². The van der Waals surface area contributed by atoms with Crippen molar-refractivity contribution >= 4 is 17.3 Å². The molecule has 3 aromatic rings. The summed E-state index contributed by atoms with van der Waals surface area (Å²) in [7, 11) is 0. The van der Waals surface area contributed by atoms with Crippen LogP contribution in [0.5, 0.6) is 0 Å². The Labute approximate surface area is 186 Å². The van der Waals surface area contributed by atoms with Gasteiger partial charge in [-0.25, -0.2) is 4.98 Å². The van der Waals surface area contributed by atoms with Gasteiger partial charge in [-0.1, -0.05) is 12.1 Å². The Morgan fingerprint density at radius 3 is 2.44 bits per heavy atom. The van der Waals surface area contributed by atoms with Gasteiger partial charge in [0, 0.05) is 62.4 Å². The molecule has 0 radical (unpaired) electrons. The van der Waals surface area contributed by atoms with Crippen molar-refractivity contribution in [3.63, 3.8) is 0 Å². The standard InChI is InChI=1S/C24H26N4O4/c1-17-3-4-19(15-18(17)2)22-16-25-23(32-22)9-10-24(29)27-13-11-26(12-14-27)20-5-7-21(8-6-20)28(30)31/h3-8,15-16H,9-14H2,1-2H3. The molecule has 2 heterocycles. The maximum atomic E-state index is 12.7. The molecule has 8 nitrogen and oxygen atoms in total. The van der Waals surface area contributed by atoms with Crippen molar-refractivity contribution in [1.82, 2.24) is 9.88 Å². The van der Waals surface area contributed by atoms with E-state index in [0.717, 1.165) is 11.3 Å². The first-order valence-electron chi connectivity index (χ1n) is 10.7. The van der Waals surface area contributed by atoms with Gasteiger partial charge < -0.3 is 14.2 Å². The SMILES string of the molecule is Cc1ccc(-c2cnc(CCC(=O)N3CCN(c4ccc([N+](=O)[O-])cc4)CC3)o2)cc1C. The summed E-state index contributed by atoms with van der Waals surface area (Å²) in [6.45, 7) is 6.77. The molecule has 1 saturated heterocycles. The fourth-order valence-electron chi connectivity index (χ4n) is 3.83. The summed E-state index contributed by atoms with van der Waals surface area (Å²) in [6, 6.07) is 12.7. The smallest absolute Gasteiger partial charge is 0.269 e. The molecule has 1 amide bonds. The summed E-state index contributed by atoms with van der Waals surface area (Å²) in [5.41, 5.74) is 4.42. The third kappa shape index (κ3) is 4.80. The number of nitrogens with zero attached hydrogens (tertiary/aromatic N) is 4. The number of piperazine rings is 1. The molecule has 4 rings (SSSR count). The average molecular weight is 434 g/mol. The minimum Gasteiger partial charge on any atom is -0.441 e. The second-order valence-corrected chi connectivity index (χ2v) is 8.06. The van der Waals surface area contributed by atoms with Gasteiger partial charge in [0.1, 0.15) is 0 Å². The Hall–Kier alpha value is -3.68. The molecule has 1 aromatic heterocycles. The van der Waals surface area contributed by atoms with Crippen LogP contribution in [0.15, 0.2) is 53.1 Å². The lowest BCUT2D eigenvalue weighted by Gasteiger charge is -2.36. The highest BCUT2D eigenvalue weighted by molar-refractivity contribution is 5.76. The van der Waals surface area contributed by atoms with Crippen LogP contribution in [0.3, 0.4) is 0 Å². The summed E-state index contributed by atoms with van der Waals surface area (Å²) < 4.78 is 5.87. The lowest BCUT2D eigenvalue weighted by Crippen LogP contribution is -2.48. The molecule has 1 aliphatic rings. The predicted octanol–water partition coefficient (Wildman–Crippen LogP) is 4.15. The van der Waals surface area contributed by atoms with Crippen molar-refractivity contribution in [2.75, 3.05) is 31.1 Å². The number of non-ortho nitro benzene ring substituents is 1. The van der Waals surface area contributed by atoms with Crippen molar-refractivity contribution < 1.29 is 14.1 Å². The molecule has 0 aliphatic carbocycles. The van der Waals surface area contributed by atoms with Crippen LogP contribution in [-0.4, -0.2) is 46.9 Å². The summed E-state index contributed by atoms with van der Waals surface area (Å²) in [5.74, 6) is 1.36. The minimum atomic E-state index is -0.404. The van der Waals surface area contributed by atoms with Crippen molar-refractivity contribution in [3.8, 4) is 11.3 Å². The number of hydrogen-bond acceptors (Lipinski definition) is 6. The number of hydrogen-bond donors (Lipinski definition) is 0. The highest BCUT2D eigenvalue weighted by atomic mass is 16.6. The first kappa shape index (κ1) is 21.5. The van der Waals surface area contributed by atoms with E-state index in [4.69, 9.17) is 4.42 Å². The molecular weight excluding hydrogens is 408 g/mol. The summed E-state index contributed by atoms with van der Waals surface area (Å²) >= 11 is 0. The lowest BCUT2D eigenvalue weighted by molar-refractivity contribution is -0.384. The number of anilines is 1. The van der Waals surface area contributed by atoms with Gasteiger partial charge in [-0.15, -0.1) is 0 Å². The van der Waals surface area contributed by atoms with Crippen molar-refractivity contribution in [2.24, 2.45) is 0 Å². The molecule has 1 fully saturated rings. The normalized spacial score (nSPS) is 13.9. The van der Waals surface area contributed by atoms with Crippen molar-refractivity contribution in [3.05, 3.63) is 75.8 Å². The highest BCUT2D eigenvalue weighted by Crippen LogP contribution is 2.24. The van der Waals surface area contributed by atoms with Crippen molar-refractivity contribution in [2.45, 2.75) is 26.7 Å². The zero-order chi connectivity index (χ0) is 22.7. The number of nitro groups is 1. The zero-order valence-corrected chi connectivity index (χ0v) is 18.3. The van der Waals surface area contributed by atoms with Gasteiger partial charge in [0.05, 0.1) is 11.1 Å². The van der Waals surface area contributed by atoms with Crippen LogP contribution < -0.4 is 4.90 Å². The first-order chi connectivity index (χ1) is 15.4. The van der Waals surface area contributed by atoms with Gasteiger partial charge in [-0.3, -0.25) is 14.9 Å². The molecule has 0 spiro atoms. The van der Waals surface area contributed by atoms with Gasteiger partial charge in [0.15, 0.2) is 11.7 Å². The van der Waals surface area contributed by atoms with E-state index >= 15 is 0 Å². The molecule has 166 valence electrons. The Balaban J connectivity index is 1.28. The van der Waals surface area contributed by atoms with Gasteiger partial charge in [-0.05, 0) is 43.2 Å². The fraction of sp³-hybridized carbons (Fsp3) is 0.333. The van der Waals surface area contributed by atoms with E-state index in [1.165, 1.54) is 23.3 Å². The largest absolute Gasteiger partial charge is 0.441 e. The highest BCUT2D eigenvalue weighted by Gasteiger charge is 2.22. The monoisotopic (exact) mass is 434 g/mol. The van der Waals surface area contributed by atoms with Crippen LogP contribution in [0.2, 0.25) is 0 Å². The minimum absolute atomic E-state index is 0.0785. The summed E-state index contributed by atoms with van der Waals surface area (Å²) in [5, 5.41) is 10.8. The maximum Gasteiger partial charge on any atom is 0.269 e. The number of aryl methyl sites for hydroxylation is 3. The van der Waals surface area contributed by atoms with Crippen LogP contribution in [0.25, 0.3) is 11.3 Å². The van der Waals surface area contributed by atoms with E-state index in [-0.39, 0.29) is 11.6 Å². The number of nitro benzene ring substituents is 1. The zero-order valence-electron chi connectivity index (χ0n) is 18.3. The Morgan fingerprint density at radius 1 is 1.06 bits per heavy atom. The topological polar surface area (TPSA) is 92.7 Å². The first-order valence-corrected chi connectivity index (χ1v) is 10.7. The van der Waals surface area contributed by atoms with Crippen LogP contribution >= 0.6 is 0 Å². The molecule has 0 bridgehead atoms. The molecular formula is C24H26N4O4. The molecule has 0 N–H and O–H groups in total. The number of carbonyl (C=O) groups is 1. The lowest BCUT2D eigenvalue weighted by atomic mass is 10.1. The number of rotatable bonds is 6. The van der Waals surface area contributed by atoms with E-state index in [1.807, 2.05) is 11.0 Å². The van der Waals surface area contributed by atoms with E-state index in [2.05, 4.69) is 35.9 Å². The predicted molar refractivity (Wildman–Crippen MR) is 122 cm³/mol. The number of aromatic nitrogens is 1. The van der Waals surface area contributed by atoms with E-state index in [0.29, 0.717) is 50.7 Å². The van der Waals surface area contributed by atoms with Crippen LogP contribution in [0, 0.1) is 24.0 Å². The third-order valence-electron chi connectivity index (χ3n) is 5.96. The van der Waals surface area contributed by atoms with Gasteiger partial charge in [-0.2, -0.15) is 0 Å². The van der Waals surface area contributed by atoms with E-state index in [1.54, 1.807) is 18.3 Å². The quantitative estimate of drug-likeness (QED) is 0.427. The molecule has 32 heavy (non-hydrogen) atoms. The Kier molecular flexibility index (Phi) is 6.20. The molecule has 1 aliphatic heterocycles. The number of oxazole rings is 1. The summed E-state index contributed by atoms with van der Waals surface area (Å²) in [4.78, 5) is 31.4. The number of amides is 1. The van der Waals surface area contributed by atoms with Crippen LogP contribution in [0.4, 0.5) is 11.4 Å². The number of benzene rings is 2. The van der Waals surface area contributed by atoms with E-state index in [9.17, 15) is 14.9 Å². The maximum absolute atomic E-state index is 12.7. The molecule has 0 saturated carbocycles. The Bertz CT molecular complexity index is 1120. The Morgan fingerprint density at radius 2 is 1.78 bits per heavy atom. The van der Waals surface area contributed by atoms with Gasteiger partial charge in [0.25, 0.3) is 5.69 Å². The summed E-state index contributed by atoms with van der Waals surface area (Å²) in [6.07, 6.45) is 2.53. The van der Waals surface area contributed by atoms with Crippen LogP contribution in [0.1, 0.15) is 23.4 Å². The molecule has 0 unspecified atom stereocenters. The number of carbonyl (C=O) groups excluding carboxylic acids is 1. The van der Waals surface area contributed by atoms with Crippen LogP contribution in [-0.2, 0) is 11.2 Å². The van der Waals surface area contributed by atoms with E-state index < -0.39 is 4.92 Å². The van der Waals surface area contributed by atoms with Gasteiger partial charge >= 0.3 is 0 Å². The second-order valence-electron chi connectivity index (χ2n) is 8.06. The second kappa shape index (κ2) is 9.21. The molecule has 2 aromatic carbocycles. The third-order valence-corrected chi connectivity index (χ3v) is 5.96. The average Bonchev–Trinajstić information content (AvgIpc) is 3.28. The fourth-order valence-corrected chi connectivity index (χ4v) is 3.83. The molecule has 8 heteroatoms. The van der Waals surface area contributed by atoms with Crippen molar-refractivity contribution in [1.29, 1.82) is 0 Å².